The lowest BCUT2D eigenvalue weighted by Gasteiger charge is -2.12. The molecule has 0 radical (unpaired) electrons. The molecular weight excluding hydrogens is 378 g/mol. The molecule has 3 heterocycles. The number of pyridine rings is 1. The number of nitrogens with zero attached hydrogens (tertiary/aromatic N) is 1. The average Bonchev–Trinajstić information content (AvgIpc) is 3.39. The van der Waals surface area contributed by atoms with Gasteiger partial charge in [0.1, 0.15) is 11.3 Å². The minimum atomic E-state index is -0.656. The fraction of sp³-hybridized carbons (Fsp3) is 0.190. The summed E-state index contributed by atoms with van der Waals surface area (Å²) in [5.74, 6) is 0.645. The van der Waals surface area contributed by atoms with Gasteiger partial charge in [0.05, 0.1) is 6.61 Å². The van der Waals surface area contributed by atoms with E-state index < -0.39 is 11.8 Å². The first-order valence-corrected chi connectivity index (χ1v) is 9.00. The van der Waals surface area contributed by atoms with Crippen molar-refractivity contribution in [2.24, 2.45) is 0 Å². The van der Waals surface area contributed by atoms with Gasteiger partial charge in [0.15, 0.2) is 23.0 Å². The third-order valence-electron chi connectivity index (χ3n) is 4.74. The van der Waals surface area contributed by atoms with Crippen molar-refractivity contribution < 1.29 is 33.3 Å². The van der Waals surface area contributed by atoms with Crippen molar-refractivity contribution in [2.45, 2.75) is 6.92 Å². The summed E-state index contributed by atoms with van der Waals surface area (Å²) in [6.45, 7) is 1.94. The lowest BCUT2D eigenvalue weighted by Crippen LogP contribution is -2.15. The predicted octanol–water partition coefficient (Wildman–Crippen LogP) is 3.10. The third kappa shape index (κ3) is 2.72. The first kappa shape index (κ1) is 17.3. The molecule has 8 heteroatoms. The molecule has 0 saturated carbocycles. The Morgan fingerprint density at radius 1 is 1.00 bits per heavy atom. The van der Waals surface area contributed by atoms with Gasteiger partial charge in [0, 0.05) is 17.1 Å². The average molecular weight is 393 g/mol. The van der Waals surface area contributed by atoms with Crippen molar-refractivity contribution in [1.29, 1.82) is 0 Å². The SMILES string of the molecule is CCOC(=O)c1c(C(=O)c2nccc3cc4c(cc23)OCO4)ccc2c1OCO2. The van der Waals surface area contributed by atoms with Crippen LogP contribution in [0.1, 0.15) is 33.3 Å². The van der Waals surface area contributed by atoms with Gasteiger partial charge in [0.2, 0.25) is 19.4 Å². The molecule has 1 aromatic heterocycles. The highest BCUT2D eigenvalue weighted by Crippen LogP contribution is 2.40. The second kappa shape index (κ2) is 6.66. The van der Waals surface area contributed by atoms with Gasteiger partial charge < -0.3 is 23.7 Å². The minimum Gasteiger partial charge on any atom is -0.462 e. The van der Waals surface area contributed by atoms with Crippen LogP contribution in [-0.4, -0.2) is 36.9 Å². The van der Waals surface area contributed by atoms with Crippen LogP contribution in [0.5, 0.6) is 23.0 Å². The molecule has 0 amide bonds. The molecular formula is C21H15NO7. The number of ether oxygens (including phenoxy) is 5. The number of benzene rings is 2. The molecule has 3 aromatic rings. The number of esters is 1. The lowest BCUT2D eigenvalue weighted by molar-refractivity contribution is 0.0518. The number of aromatic nitrogens is 1. The molecule has 0 bridgehead atoms. The topological polar surface area (TPSA) is 93.2 Å². The Morgan fingerprint density at radius 2 is 1.76 bits per heavy atom. The van der Waals surface area contributed by atoms with Crippen molar-refractivity contribution in [1.82, 2.24) is 4.98 Å². The van der Waals surface area contributed by atoms with Crippen molar-refractivity contribution >= 4 is 22.5 Å². The zero-order chi connectivity index (χ0) is 20.0. The summed E-state index contributed by atoms with van der Waals surface area (Å²) in [6.07, 6.45) is 1.54. The second-order valence-corrected chi connectivity index (χ2v) is 6.36. The van der Waals surface area contributed by atoms with E-state index in [1.165, 1.54) is 12.3 Å². The first-order chi connectivity index (χ1) is 14.2. The van der Waals surface area contributed by atoms with E-state index in [9.17, 15) is 9.59 Å². The van der Waals surface area contributed by atoms with E-state index in [-0.39, 0.29) is 42.8 Å². The van der Waals surface area contributed by atoms with E-state index in [1.807, 2.05) is 0 Å². The summed E-state index contributed by atoms with van der Waals surface area (Å²) in [5.41, 5.74) is 0.349. The molecule has 0 N–H and O–H groups in total. The largest absolute Gasteiger partial charge is 0.462 e. The van der Waals surface area contributed by atoms with Gasteiger partial charge in [-0.25, -0.2) is 4.79 Å². The molecule has 0 saturated heterocycles. The Hall–Kier alpha value is -3.81. The Balaban J connectivity index is 1.68. The summed E-state index contributed by atoms with van der Waals surface area (Å²) >= 11 is 0. The summed E-state index contributed by atoms with van der Waals surface area (Å²) in [4.78, 5) is 30.3. The van der Waals surface area contributed by atoms with Crippen LogP contribution in [0.4, 0.5) is 0 Å². The van der Waals surface area contributed by atoms with Crippen molar-refractivity contribution in [3.63, 3.8) is 0 Å². The predicted molar refractivity (Wildman–Crippen MR) is 99.8 cm³/mol. The van der Waals surface area contributed by atoms with Crippen LogP contribution < -0.4 is 18.9 Å². The number of hydrogen-bond donors (Lipinski definition) is 0. The summed E-state index contributed by atoms with van der Waals surface area (Å²) in [7, 11) is 0. The number of hydrogen-bond acceptors (Lipinski definition) is 8. The highest BCUT2D eigenvalue weighted by atomic mass is 16.7. The standard InChI is InChI=1S/C21H15NO7/c1-2-25-21(24)17-12(3-4-14-20(17)29-10-26-14)19(23)18-13-8-16-15(27-9-28-16)7-11(13)5-6-22-18/h3-8H,2,9-10H2,1H3. The Kier molecular flexibility index (Phi) is 3.97. The van der Waals surface area contributed by atoms with E-state index in [0.717, 1.165) is 5.39 Å². The maximum atomic E-state index is 13.5. The van der Waals surface area contributed by atoms with E-state index >= 15 is 0 Å². The van der Waals surface area contributed by atoms with Crippen LogP contribution in [0.2, 0.25) is 0 Å². The Morgan fingerprint density at radius 3 is 2.59 bits per heavy atom. The van der Waals surface area contributed by atoms with E-state index in [1.54, 1.807) is 31.2 Å². The maximum Gasteiger partial charge on any atom is 0.342 e. The van der Waals surface area contributed by atoms with Gasteiger partial charge >= 0.3 is 5.97 Å². The van der Waals surface area contributed by atoms with Gasteiger partial charge in [0.25, 0.3) is 0 Å². The van der Waals surface area contributed by atoms with E-state index in [2.05, 4.69) is 4.98 Å². The zero-order valence-corrected chi connectivity index (χ0v) is 15.4. The quantitative estimate of drug-likeness (QED) is 0.493. The smallest absolute Gasteiger partial charge is 0.342 e. The summed E-state index contributed by atoms with van der Waals surface area (Å²) in [5, 5.41) is 1.36. The van der Waals surface area contributed by atoms with Crippen LogP contribution in [0.15, 0.2) is 36.5 Å². The van der Waals surface area contributed by atoms with Gasteiger partial charge in [-0.05, 0) is 42.6 Å². The number of rotatable bonds is 4. The summed E-state index contributed by atoms with van der Waals surface area (Å²) in [6, 6.07) is 8.41. The zero-order valence-electron chi connectivity index (χ0n) is 15.4. The van der Waals surface area contributed by atoms with E-state index in [0.29, 0.717) is 22.6 Å². The Bertz CT molecular complexity index is 1170. The highest BCUT2D eigenvalue weighted by molar-refractivity contribution is 6.19. The van der Waals surface area contributed by atoms with Gasteiger partial charge in [-0.3, -0.25) is 9.78 Å². The van der Waals surface area contributed by atoms with Gasteiger partial charge in [-0.15, -0.1) is 0 Å². The molecule has 2 aliphatic heterocycles. The molecule has 0 unspecified atom stereocenters. The normalized spacial score (nSPS) is 13.6. The van der Waals surface area contributed by atoms with Crippen LogP contribution in [0, 0.1) is 0 Å². The monoisotopic (exact) mass is 393 g/mol. The molecule has 0 atom stereocenters. The molecule has 5 rings (SSSR count). The van der Waals surface area contributed by atoms with Crippen molar-refractivity contribution in [3.05, 3.63) is 53.3 Å². The van der Waals surface area contributed by atoms with Gasteiger partial charge in [-0.2, -0.15) is 0 Å². The number of carbonyl (C=O) groups excluding carboxylic acids is 2. The number of fused-ring (bicyclic) bond motifs is 3. The molecule has 0 aliphatic carbocycles. The molecule has 2 aromatic carbocycles. The highest BCUT2D eigenvalue weighted by Gasteiger charge is 2.31. The molecule has 146 valence electrons. The first-order valence-electron chi connectivity index (χ1n) is 9.00. The molecule has 0 fully saturated rings. The number of carbonyl (C=O) groups is 2. The van der Waals surface area contributed by atoms with Crippen LogP contribution in [-0.2, 0) is 4.74 Å². The molecule has 8 nitrogen and oxygen atoms in total. The summed E-state index contributed by atoms with van der Waals surface area (Å²) < 4.78 is 26.8. The lowest BCUT2D eigenvalue weighted by atomic mass is 9.97. The van der Waals surface area contributed by atoms with Crippen LogP contribution in [0.25, 0.3) is 10.8 Å². The molecule has 29 heavy (non-hydrogen) atoms. The minimum absolute atomic E-state index is 0.0324. The second-order valence-electron chi connectivity index (χ2n) is 6.36. The van der Waals surface area contributed by atoms with E-state index in [4.69, 9.17) is 23.7 Å². The maximum absolute atomic E-state index is 13.5. The van der Waals surface area contributed by atoms with Crippen LogP contribution in [0.3, 0.4) is 0 Å². The Labute approximate surface area is 164 Å². The fourth-order valence-corrected chi connectivity index (χ4v) is 3.44. The number of ketones is 1. The van der Waals surface area contributed by atoms with Crippen molar-refractivity contribution in [2.75, 3.05) is 20.2 Å². The van der Waals surface area contributed by atoms with Crippen molar-refractivity contribution in [3.8, 4) is 23.0 Å². The molecule has 0 spiro atoms. The third-order valence-corrected chi connectivity index (χ3v) is 4.74. The van der Waals surface area contributed by atoms with Crippen LogP contribution >= 0.6 is 0 Å². The van der Waals surface area contributed by atoms with Gasteiger partial charge in [-0.1, -0.05) is 0 Å². The fourth-order valence-electron chi connectivity index (χ4n) is 3.44. The molecule has 2 aliphatic rings.